The van der Waals surface area contributed by atoms with Crippen molar-refractivity contribution in [3.8, 4) is 0 Å². The molecule has 0 fully saturated rings. The van der Waals surface area contributed by atoms with E-state index in [1.165, 1.54) is 24.0 Å². The van der Waals surface area contributed by atoms with Gasteiger partial charge in [-0.1, -0.05) is 74.5 Å². The maximum Gasteiger partial charge on any atom is -0.00432 e. The third-order valence-corrected chi connectivity index (χ3v) is 4.25. The number of nitrogens with one attached hydrogen (secondary N) is 1. The molecular weight excluding hydrogens is 254 g/mol. The van der Waals surface area contributed by atoms with E-state index < -0.39 is 0 Å². The first-order valence-corrected chi connectivity index (χ1v) is 8.08. The van der Waals surface area contributed by atoms with E-state index in [9.17, 15) is 0 Å². The predicted molar refractivity (Wildman–Crippen MR) is 91.8 cm³/mol. The third-order valence-electron chi connectivity index (χ3n) is 4.25. The van der Waals surface area contributed by atoms with Gasteiger partial charge in [-0.05, 0) is 48.9 Å². The summed E-state index contributed by atoms with van der Waals surface area (Å²) in [6.45, 7) is 6.81. The monoisotopic (exact) mass is 281 g/mol. The van der Waals surface area contributed by atoms with Crippen molar-refractivity contribution in [1.29, 1.82) is 0 Å². The second-order valence-corrected chi connectivity index (χ2v) is 5.95. The summed E-state index contributed by atoms with van der Waals surface area (Å²) < 4.78 is 0. The minimum atomic E-state index is 0.630. The Balaban J connectivity index is 1.62. The summed E-state index contributed by atoms with van der Waals surface area (Å²) in [6, 6.07) is 21.6. The lowest BCUT2D eigenvalue weighted by Crippen LogP contribution is -2.19. The standard InChI is InChI=1S/C20H27N/c1-17(19-9-5-3-6-10-19)13-15-21-16-14-18(2)20-11-7-4-8-12-20/h3-12,17-18,21H,13-16H2,1-2H3. The maximum atomic E-state index is 3.59. The van der Waals surface area contributed by atoms with Gasteiger partial charge < -0.3 is 5.32 Å². The Morgan fingerprint density at radius 2 is 1.05 bits per heavy atom. The molecule has 112 valence electrons. The molecule has 2 aromatic rings. The zero-order valence-corrected chi connectivity index (χ0v) is 13.3. The molecule has 1 N–H and O–H groups in total. The number of hydrogen-bond donors (Lipinski definition) is 1. The van der Waals surface area contributed by atoms with Gasteiger partial charge in [0.1, 0.15) is 0 Å². The van der Waals surface area contributed by atoms with Gasteiger partial charge in [0.2, 0.25) is 0 Å². The van der Waals surface area contributed by atoms with Gasteiger partial charge in [0, 0.05) is 0 Å². The van der Waals surface area contributed by atoms with Crippen molar-refractivity contribution >= 4 is 0 Å². The smallest absolute Gasteiger partial charge is 0.00432 e. The number of hydrogen-bond acceptors (Lipinski definition) is 1. The first-order valence-electron chi connectivity index (χ1n) is 8.08. The normalized spacial score (nSPS) is 13.8. The van der Waals surface area contributed by atoms with Gasteiger partial charge in [-0.25, -0.2) is 0 Å². The molecule has 0 aliphatic heterocycles. The molecule has 0 saturated heterocycles. The first-order chi connectivity index (χ1) is 10.3. The van der Waals surface area contributed by atoms with E-state index in [1.54, 1.807) is 0 Å². The van der Waals surface area contributed by atoms with Crippen LogP contribution in [0.15, 0.2) is 60.7 Å². The highest BCUT2D eigenvalue weighted by Crippen LogP contribution is 2.19. The maximum absolute atomic E-state index is 3.59. The average Bonchev–Trinajstić information content (AvgIpc) is 2.55. The van der Waals surface area contributed by atoms with E-state index >= 15 is 0 Å². The van der Waals surface area contributed by atoms with Crippen molar-refractivity contribution in [3.05, 3.63) is 71.8 Å². The summed E-state index contributed by atoms with van der Waals surface area (Å²) in [6.07, 6.45) is 2.40. The highest BCUT2D eigenvalue weighted by Gasteiger charge is 2.06. The largest absolute Gasteiger partial charge is 0.317 e. The van der Waals surface area contributed by atoms with Crippen LogP contribution in [-0.2, 0) is 0 Å². The van der Waals surface area contributed by atoms with E-state index in [0.717, 1.165) is 13.1 Å². The van der Waals surface area contributed by atoms with Crippen LogP contribution in [0.4, 0.5) is 0 Å². The fourth-order valence-electron chi connectivity index (χ4n) is 2.66. The van der Waals surface area contributed by atoms with Crippen LogP contribution < -0.4 is 5.32 Å². The van der Waals surface area contributed by atoms with Crippen LogP contribution in [0, 0.1) is 0 Å². The zero-order chi connectivity index (χ0) is 14.9. The lowest BCUT2D eigenvalue weighted by Gasteiger charge is -2.14. The van der Waals surface area contributed by atoms with E-state index in [4.69, 9.17) is 0 Å². The molecule has 2 aromatic carbocycles. The van der Waals surface area contributed by atoms with Gasteiger partial charge in [-0.3, -0.25) is 0 Å². The van der Waals surface area contributed by atoms with Crippen LogP contribution in [0.3, 0.4) is 0 Å². The van der Waals surface area contributed by atoms with E-state index in [1.807, 2.05) is 0 Å². The lowest BCUT2D eigenvalue weighted by molar-refractivity contribution is 0.556. The SMILES string of the molecule is CC(CCNCCC(C)c1ccccc1)c1ccccc1. The van der Waals surface area contributed by atoms with Gasteiger partial charge in [0.25, 0.3) is 0 Å². The summed E-state index contributed by atoms with van der Waals surface area (Å²) in [4.78, 5) is 0. The Morgan fingerprint density at radius 1 is 0.667 bits per heavy atom. The summed E-state index contributed by atoms with van der Waals surface area (Å²) in [5, 5.41) is 3.59. The zero-order valence-electron chi connectivity index (χ0n) is 13.3. The summed E-state index contributed by atoms with van der Waals surface area (Å²) >= 11 is 0. The summed E-state index contributed by atoms with van der Waals surface area (Å²) in [7, 11) is 0. The van der Waals surface area contributed by atoms with Crippen molar-refractivity contribution in [3.63, 3.8) is 0 Å². The van der Waals surface area contributed by atoms with Crippen LogP contribution >= 0.6 is 0 Å². The van der Waals surface area contributed by atoms with E-state index in [0.29, 0.717) is 11.8 Å². The molecule has 0 radical (unpaired) electrons. The molecule has 0 aromatic heterocycles. The van der Waals surface area contributed by atoms with E-state index in [-0.39, 0.29) is 0 Å². The van der Waals surface area contributed by atoms with Gasteiger partial charge >= 0.3 is 0 Å². The van der Waals surface area contributed by atoms with Crippen molar-refractivity contribution in [2.24, 2.45) is 0 Å². The highest BCUT2D eigenvalue weighted by molar-refractivity contribution is 5.19. The Hall–Kier alpha value is -1.60. The second kappa shape index (κ2) is 8.63. The van der Waals surface area contributed by atoms with Gasteiger partial charge in [0.15, 0.2) is 0 Å². The van der Waals surface area contributed by atoms with Crippen molar-refractivity contribution in [1.82, 2.24) is 5.32 Å². The lowest BCUT2D eigenvalue weighted by atomic mass is 9.97. The Labute approximate surface area is 129 Å². The summed E-state index contributed by atoms with van der Waals surface area (Å²) in [5.41, 5.74) is 2.88. The molecule has 0 amide bonds. The van der Waals surface area contributed by atoms with Gasteiger partial charge in [0.05, 0.1) is 0 Å². The molecule has 2 unspecified atom stereocenters. The molecule has 0 heterocycles. The molecule has 0 saturated carbocycles. The van der Waals surface area contributed by atoms with Crippen molar-refractivity contribution in [2.45, 2.75) is 38.5 Å². The highest BCUT2D eigenvalue weighted by atomic mass is 14.8. The molecule has 0 aliphatic rings. The minimum Gasteiger partial charge on any atom is -0.317 e. The van der Waals surface area contributed by atoms with E-state index in [2.05, 4.69) is 79.8 Å². The average molecular weight is 281 g/mol. The first kappa shape index (κ1) is 15.8. The fraction of sp³-hybridized carbons (Fsp3) is 0.400. The molecule has 2 rings (SSSR count). The van der Waals surface area contributed by atoms with Gasteiger partial charge in [-0.15, -0.1) is 0 Å². The molecule has 1 heteroatoms. The molecule has 0 spiro atoms. The second-order valence-electron chi connectivity index (χ2n) is 5.95. The Morgan fingerprint density at radius 3 is 1.43 bits per heavy atom. The topological polar surface area (TPSA) is 12.0 Å². The predicted octanol–water partition coefficient (Wildman–Crippen LogP) is 4.96. The minimum absolute atomic E-state index is 0.630. The fourth-order valence-corrected chi connectivity index (χ4v) is 2.66. The molecular formula is C20H27N. The van der Waals surface area contributed by atoms with Crippen LogP contribution in [0.1, 0.15) is 49.7 Å². The molecule has 1 nitrogen and oxygen atoms in total. The number of benzene rings is 2. The number of rotatable bonds is 8. The van der Waals surface area contributed by atoms with Crippen LogP contribution in [-0.4, -0.2) is 13.1 Å². The third kappa shape index (κ3) is 5.35. The van der Waals surface area contributed by atoms with Crippen molar-refractivity contribution < 1.29 is 0 Å². The molecule has 0 bridgehead atoms. The molecule has 2 atom stereocenters. The van der Waals surface area contributed by atoms with Crippen LogP contribution in [0.25, 0.3) is 0 Å². The van der Waals surface area contributed by atoms with Crippen LogP contribution in [0.5, 0.6) is 0 Å². The van der Waals surface area contributed by atoms with Crippen molar-refractivity contribution in [2.75, 3.05) is 13.1 Å². The van der Waals surface area contributed by atoms with Gasteiger partial charge in [-0.2, -0.15) is 0 Å². The Bertz CT molecular complexity index is 444. The molecule has 21 heavy (non-hydrogen) atoms. The quantitative estimate of drug-likeness (QED) is 0.674. The summed E-state index contributed by atoms with van der Waals surface area (Å²) in [5.74, 6) is 1.26. The van der Waals surface area contributed by atoms with Crippen LogP contribution in [0.2, 0.25) is 0 Å². The Kier molecular flexibility index (Phi) is 6.49. The molecule has 0 aliphatic carbocycles.